The summed E-state index contributed by atoms with van der Waals surface area (Å²) in [4.78, 5) is 24.0. The van der Waals surface area contributed by atoms with E-state index in [4.69, 9.17) is 5.11 Å². The van der Waals surface area contributed by atoms with Crippen LogP contribution in [0.25, 0.3) is 0 Å². The first-order valence-electron chi connectivity index (χ1n) is 6.15. The molecule has 9 heteroatoms. The van der Waals surface area contributed by atoms with Gasteiger partial charge in [0, 0.05) is 20.6 Å². The molecule has 7 nitrogen and oxygen atoms in total. The number of carboxylic acid groups (broad SMARTS) is 1. The molecule has 0 atom stereocenters. The monoisotopic (exact) mass is 334 g/mol. The van der Waals surface area contributed by atoms with Gasteiger partial charge in [-0.25, -0.2) is 13.2 Å². The number of hydrogen-bond acceptors (Lipinski definition) is 5. The topological polar surface area (TPSA) is 95.0 Å². The van der Waals surface area contributed by atoms with Gasteiger partial charge in [-0.15, -0.1) is 11.3 Å². The number of nitrogens with zero attached hydrogens (tertiary/aromatic N) is 2. The Kier molecular flexibility index (Phi) is 5.48. The van der Waals surface area contributed by atoms with E-state index in [1.54, 1.807) is 27.9 Å². The molecule has 1 amide bonds. The van der Waals surface area contributed by atoms with Crippen LogP contribution in [0.15, 0.2) is 10.3 Å². The predicted octanol–water partition coefficient (Wildman–Crippen LogP) is 0.854. The first-order chi connectivity index (χ1) is 9.61. The summed E-state index contributed by atoms with van der Waals surface area (Å²) < 4.78 is 25.9. The number of hydrogen-bond donors (Lipinski definition) is 1. The van der Waals surface area contributed by atoms with Gasteiger partial charge in [0.2, 0.25) is 5.91 Å². The van der Waals surface area contributed by atoms with Crippen molar-refractivity contribution in [1.29, 1.82) is 0 Å². The minimum Gasteiger partial charge on any atom is -0.477 e. The van der Waals surface area contributed by atoms with Gasteiger partial charge < -0.3 is 10.0 Å². The van der Waals surface area contributed by atoms with Crippen LogP contribution in [0.3, 0.4) is 0 Å². The summed E-state index contributed by atoms with van der Waals surface area (Å²) in [5.41, 5.74) is 0.390. The standard InChI is InChI=1S/C12H18N2O5S2/c1-5-14(7-9(15)13(3)4)21(18,19)10-6-8(2)11(20-10)12(16)17/h6H,5,7H2,1-4H3,(H,16,17). The lowest BCUT2D eigenvalue weighted by Crippen LogP contribution is -2.39. The number of aryl methyl sites for hydroxylation is 1. The molecule has 1 N–H and O–H groups in total. The lowest BCUT2D eigenvalue weighted by atomic mass is 10.3. The number of carbonyl (C=O) groups excluding carboxylic acids is 1. The van der Waals surface area contributed by atoms with Crippen LogP contribution in [-0.2, 0) is 14.8 Å². The maximum atomic E-state index is 12.5. The second kappa shape index (κ2) is 6.54. The van der Waals surface area contributed by atoms with E-state index in [1.807, 2.05) is 0 Å². The average molecular weight is 334 g/mol. The second-order valence-electron chi connectivity index (χ2n) is 4.60. The number of rotatable bonds is 6. The van der Waals surface area contributed by atoms with Crippen LogP contribution in [0.1, 0.15) is 22.2 Å². The molecular formula is C12H18N2O5S2. The summed E-state index contributed by atoms with van der Waals surface area (Å²) in [6.07, 6.45) is 0. The van der Waals surface area contributed by atoms with Crippen molar-refractivity contribution in [1.82, 2.24) is 9.21 Å². The molecule has 1 rings (SSSR count). The zero-order valence-corrected chi connectivity index (χ0v) is 13.9. The Hall–Kier alpha value is -1.45. The number of carbonyl (C=O) groups is 2. The van der Waals surface area contributed by atoms with Crippen LogP contribution < -0.4 is 0 Å². The summed E-state index contributed by atoms with van der Waals surface area (Å²) in [6.45, 7) is 3.02. The molecule has 0 bridgehead atoms. The van der Waals surface area contributed by atoms with Gasteiger partial charge in [-0.3, -0.25) is 4.79 Å². The molecule has 0 radical (unpaired) electrons. The van der Waals surface area contributed by atoms with Crippen LogP contribution in [0, 0.1) is 6.92 Å². The molecule has 0 fully saturated rings. The number of amides is 1. The van der Waals surface area contributed by atoms with Gasteiger partial charge >= 0.3 is 5.97 Å². The highest BCUT2D eigenvalue weighted by atomic mass is 32.2. The number of carboxylic acids is 1. The fourth-order valence-electron chi connectivity index (χ4n) is 1.58. The SMILES string of the molecule is CCN(CC(=O)N(C)C)S(=O)(=O)c1cc(C)c(C(=O)O)s1. The third kappa shape index (κ3) is 3.80. The molecular weight excluding hydrogens is 316 g/mol. The van der Waals surface area contributed by atoms with E-state index in [0.29, 0.717) is 16.9 Å². The van der Waals surface area contributed by atoms with Gasteiger partial charge in [0.05, 0.1) is 6.54 Å². The quantitative estimate of drug-likeness (QED) is 0.832. The van der Waals surface area contributed by atoms with E-state index in [9.17, 15) is 18.0 Å². The zero-order chi connectivity index (χ0) is 16.4. The third-order valence-corrected chi connectivity index (χ3v) is 6.44. The molecule has 0 aliphatic carbocycles. The van der Waals surface area contributed by atoms with E-state index in [0.717, 1.165) is 4.31 Å². The normalized spacial score (nSPS) is 11.7. The largest absolute Gasteiger partial charge is 0.477 e. The summed E-state index contributed by atoms with van der Waals surface area (Å²) in [5, 5.41) is 9.00. The van der Waals surface area contributed by atoms with Crippen molar-refractivity contribution < 1.29 is 23.1 Å². The van der Waals surface area contributed by atoms with Gasteiger partial charge in [0.1, 0.15) is 9.09 Å². The Morgan fingerprint density at radius 1 is 1.33 bits per heavy atom. The van der Waals surface area contributed by atoms with Crippen molar-refractivity contribution in [3.8, 4) is 0 Å². The van der Waals surface area contributed by atoms with Crippen LogP contribution in [0.5, 0.6) is 0 Å². The summed E-state index contributed by atoms with van der Waals surface area (Å²) in [7, 11) is -0.789. The van der Waals surface area contributed by atoms with E-state index in [2.05, 4.69) is 0 Å². The minimum absolute atomic E-state index is 0.0106. The fourth-order valence-corrected chi connectivity index (χ4v) is 4.51. The predicted molar refractivity (Wildman–Crippen MR) is 79.1 cm³/mol. The molecule has 0 saturated heterocycles. The second-order valence-corrected chi connectivity index (χ2v) is 7.82. The van der Waals surface area contributed by atoms with Crippen molar-refractivity contribution in [2.75, 3.05) is 27.2 Å². The average Bonchev–Trinajstić information content (AvgIpc) is 2.78. The summed E-state index contributed by atoms with van der Waals surface area (Å²) in [6, 6.07) is 1.33. The van der Waals surface area contributed by atoms with Gasteiger partial charge in [0.15, 0.2) is 0 Å². The zero-order valence-electron chi connectivity index (χ0n) is 12.3. The Bertz CT molecular complexity index is 649. The van der Waals surface area contributed by atoms with Gasteiger partial charge in [-0.05, 0) is 18.6 Å². The highest BCUT2D eigenvalue weighted by molar-refractivity contribution is 7.91. The summed E-state index contributed by atoms with van der Waals surface area (Å²) >= 11 is 0.700. The number of sulfonamides is 1. The molecule has 1 aromatic heterocycles. The van der Waals surface area contributed by atoms with Crippen molar-refractivity contribution >= 4 is 33.2 Å². The van der Waals surface area contributed by atoms with Crippen LogP contribution >= 0.6 is 11.3 Å². The fraction of sp³-hybridized carbons (Fsp3) is 0.500. The molecule has 0 aromatic carbocycles. The first kappa shape index (κ1) is 17.6. The van der Waals surface area contributed by atoms with E-state index < -0.39 is 16.0 Å². The molecule has 1 heterocycles. The highest BCUT2D eigenvalue weighted by Gasteiger charge is 2.29. The Balaban J connectivity index is 3.16. The lowest BCUT2D eigenvalue weighted by molar-refractivity contribution is -0.128. The third-order valence-electron chi connectivity index (χ3n) is 2.85. The Morgan fingerprint density at radius 2 is 1.90 bits per heavy atom. The molecule has 0 aliphatic heterocycles. The molecule has 21 heavy (non-hydrogen) atoms. The number of thiophene rings is 1. The Labute approximate surface area is 127 Å². The van der Waals surface area contributed by atoms with Gasteiger partial charge in [-0.1, -0.05) is 6.92 Å². The lowest BCUT2D eigenvalue weighted by Gasteiger charge is -2.20. The van der Waals surface area contributed by atoms with E-state index in [1.165, 1.54) is 11.0 Å². The molecule has 1 aromatic rings. The smallest absolute Gasteiger partial charge is 0.346 e. The van der Waals surface area contributed by atoms with Crippen molar-refractivity contribution in [2.45, 2.75) is 18.1 Å². The maximum Gasteiger partial charge on any atom is 0.346 e. The van der Waals surface area contributed by atoms with Crippen molar-refractivity contribution in [3.63, 3.8) is 0 Å². The number of likely N-dealkylation sites (N-methyl/N-ethyl adjacent to an activating group) is 2. The van der Waals surface area contributed by atoms with E-state index in [-0.39, 0.29) is 28.1 Å². The number of aromatic carboxylic acids is 1. The first-order valence-corrected chi connectivity index (χ1v) is 8.41. The van der Waals surface area contributed by atoms with E-state index >= 15 is 0 Å². The molecule has 0 aliphatic rings. The molecule has 0 spiro atoms. The highest BCUT2D eigenvalue weighted by Crippen LogP contribution is 2.28. The van der Waals surface area contributed by atoms with Crippen molar-refractivity contribution in [3.05, 3.63) is 16.5 Å². The minimum atomic E-state index is -3.87. The summed E-state index contributed by atoms with van der Waals surface area (Å²) in [5.74, 6) is -1.50. The maximum absolute atomic E-state index is 12.5. The van der Waals surface area contributed by atoms with Crippen LogP contribution in [-0.4, -0.2) is 61.8 Å². The van der Waals surface area contributed by atoms with Crippen LogP contribution in [0.2, 0.25) is 0 Å². The van der Waals surface area contributed by atoms with Crippen molar-refractivity contribution in [2.24, 2.45) is 0 Å². The molecule has 0 unspecified atom stereocenters. The van der Waals surface area contributed by atoms with Gasteiger partial charge in [-0.2, -0.15) is 4.31 Å². The van der Waals surface area contributed by atoms with Crippen LogP contribution in [0.4, 0.5) is 0 Å². The molecule has 0 saturated carbocycles. The van der Waals surface area contributed by atoms with Gasteiger partial charge in [0.25, 0.3) is 10.0 Å². The Morgan fingerprint density at radius 3 is 2.29 bits per heavy atom. The molecule has 118 valence electrons.